The first-order valence-electron chi connectivity index (χ1n) is 4.59. The highest BCUT2D eigenvalue weighted by atomic mass is 16.3. The molecule has 1 aromatic rings. The number of hydrogen-bond donors (Lipinski definition) is 3. The lowest BCUT2D eigenvalue weighted by atomic mass is 10.2. The number of hydrogen-bond acceptors (Lipinski definition) is 3. The zero-order chi connectivity index (χ0) is 11.1. The van der Waals surface area contributed by atoms with Crippen LogP contribution in [0, 0.1) is 0 Å². The van der Waals surface area contributed by atoms with E-state index >= 15 is 0 Å². The van der Waals surface area contributed by atoms with Crippen LogP contribution in [0.25, 0.3) is 6.08 Å². The van der Waals surface area contributed by atoms with Gasteiger partial charge in [0.15, 0.2) is 0 Å². The molecule has 3 N–H and O–H groups in total. The molecule has 0 atom stereocenters. The Morgan fingerprint density at radius 3 is 2.80 bits per heavy atom. The Morgan fingerprint density at radius 2 is 2.13 bits per heavy atom. The first-order valence-corrected chi connectivity index (χ1v) is 4.59. The second-order valence-electron chi connectivity index (χ2n) is 2.91. The van der Waals surface area contributed by atoms with Crippen LogP contribution in [0.2, 0.25) is 0 Å². The molecule has 4 heteroatoms. The van der Waals surface area contributed by atoms with Gasteiger partial charge >= 0.3 is 0 Å². The number of benzene rings is 1. The van der Waals surface area contributed by atoms with E-state index in [1.165, 1.54) is 12.2 Å². The van der Waals surface area contributed by atoms with Crippen LogP contribution >= 0.6 is 0 Å². The zero-order valence-electron chi connectivity index (χ0n) is 8.18. The molecule has 0 aliphatic rings. The lowest BCUT2D eigenvalue weighted by Crippen LogP contribution is -2.24. The van der Waals surface area contributed by atoms with Crippen LogP contribution in [0.5, 0.6) is 5.75 Å². The fourth-order valence-electron chi connectivity index (χ4n) is 1.03. The number of phenols is 1. The van der Waals surface area contributed by atoms with Gasteiger partial charge in [-0.15, -0.1) is 0 Å². The Balaban J connectivity index is 2.58. The van der Waals surface area contributed by atoms with E-state index in [2.05, 4.69) is 5.32 Å². The van der Waals surface area contributed by atoms with E-state index in [1.54, 1.807) is 24.3 Å². The summed E-state index contributed by atoms with van der Waals surface area (Å²) < 4.78 is 0. The minimum absolute atomic E-state index is 0.0871. The Kier molecular flexibility index (Phi) is 4.37. The zero-order valence-corrected chi connectivity index (χ0v) is 8.18. The molecular formula is C11H13NO3. The van der Waals surface area contributed by atoms with Crippen molar-refractivity contribution in [3.63, 3.8) is 0 Å². The fraction of sp³-hybridized carbons (Fsp3) is 0.182. The SMILES string of the molecule is O=C(/C=C/c1ccccc1O)NCCO. The number of nitrogens with one attached hydrogen (secondary N) is 1. The van der Waals surface area contributed by atoms with Crippen molar-refractivity contribution in [3.05, 3.63) is 35.9 Å². The second-order valence-corrected chi connectivity index (χ2v) is 2.91. The summed E-state index contributed by atoms with van der Waals surface area (Å²) in [6.45, 7) is 0.139. The maximum Gasteiger partial charge on any atom is 0.244 e. The van der Waals surface area contributed by atoms with Crippen molar-refractivity contribution in [2.75, 3.05) is 13.2 Å². The summed E-state index contributed by atoms with van der Waals surface area (Å²) in [5, 5.41) is 20.3. The minimum Gasteiger partial charge on any atom is -0.507 e. The quantitative estimate of drug-likeness (QED) is 0.630. The number of aliphatic hydroxyl groups excluding tert-OH is 1. The van der Waals surface area contributed by atoms with Crippen LogP contribution in [-0.4, -0.2) is 29.3 Å². The Labute approximate surface area is 87.9 Å². The fourth-order valence-corrected chi connectivity index (χ4v) is 1.03. The number of carbonyl (C=O) groups is 1. The van der Waals surface area contributed by atoms with E-state index in [9.17, 15) is 9.90 Å². The molecule has 0 aliphatic heterocycles. The molecule has 1 aromatic carbocycles. The summed E-state index contributed by atoms with van der Waals surface area (Å²) in [5.41, 5.74) is 0.580. The summed E-state index contributed by atoms with van der Waals surface area (Å²) in [6.07, 6.45) is 2.83. The summed E-state index contributed by atoms with van der Waals surface area (Å²) in [4.78, 5) is 11.1. The highest BCUT2D eigenvalue weighted by Gasteiger charge is 1.96. The van der Waals surface area contributed by atoms with Gasteiger partial charge in [-0.3, -0.25) is 4.79 Å². The molecule has 0 spiro atoms. The van der Waals surface area contributed by atoms with Crippen molar-refractivity contribution in [2.45, 2.75) is 0 Å². The van der Waals surface area contributed by atoms with E-state index in [-0.39, 0.29) is 24.8 Å². The first-order chi connectivity index (χ1) is 7.24. The number of carbonyl (C=O) groups excluding carboxylic acids is 1. The van der Waals surface area contributed by atoms with Gasteiger partial charge in [0.05, 0.1) is 6.61 Å². The van der Waals surface area contributed by atoms with Crippen LogP contribution < -0.4 is 5.32 Å². The predicted molar refractivity (Wildman–Crippen MR) is 57.2 cm³/mol. The highest BCUT2D eigenvalue weighted by Crippen LogP contribution is 2.16. The third-order valence-corrected chi connectivity index (χ3v) is 1.76. The molecule has 4 nitrogen and oxygen atoms in total. The van der Waals surface area contributed by atoms with Gasteiger partial charge in [-0.25, -0.2) is 0 Å². The molecule has 0 saturated carbocycles. The van der Waals surface area contributed by atoms with Gasteiger partial charge in [-0.05, 0) is 12.1 Å². The number of para-hydroxylation sites is 1. The summed E-state index contributed by atoms with van der Waals surface area (Å²) in [7, 11) is 0. The predicted octanol–water partition coefficient (Wildman–Crippen LogP) is 0.514. The average Bonchev–Trinajstić information content (AvgIpc) is 2.25. The lowest BCUT2D eigenvalue weighted by Gasteiger charge is -1.98. The van der Waals surface area contributed by atoms with Gasteiger partial charge in [0, 0.05) is 18.2 Å². The largest absolute Gasteiger partial charge is 0.507 e. The molecule has 1 amide bonds. The van der Waals surface area contributed by atoms with E-state index in [4.69, 9.17) is 5.11 Å². The van der Waals surface area contributed by atoms with Crippen molar-refractivity contribution in [2.24, 2.45) is 0 Å². The number of aliphatic hydroxyl groups is 1. The molecule has 0 saturated heterocycles. The Bertz CT molecular complexity index is 361. The van der Waals surface area contributed by atoms with Crippen LogP contribution in [0.1, 0.15) is 5.56 Å². The maximum absolute atomic E-state index is 11.1. The number of rotatable bonds is 4. The minimum atomic E-state index is -0.299. The standard InChI is InChI=1S/C11H13NO3/c13-8-7-12-11(15)6-5-9-3-1-2-4-10(9)14/h1-6,13-14H,7-8H2,(H,12,15)/b6-5+. The topological polar surface area (TPSA) is 69.6 Å². The van der Waals surface area contributed by atoms with Crippen LogP contribution in [-0.2, 0) is 4.79 Å². The summed E-state index contributed by atoms with van der Waals surface area (Å²) >= 11 is 0. The number of amides is 1. The Morgan fingerprint density at radius 1 is 1.40 bits per heavy atom. The van der Waals surface area contributed by atoms with Crippen molar-refractivity contribution >= 4 is 12.0 Å². The van der Waals surface area contributed by atoms with Crippen molar-refractivity contribution in [3.8, 4) is 5.75 Å². The molecule has 0 aromatic heterocycles. The average molecular weight is 207 g/mol. The molecule has 0 fully saturated rings. The number of phenolic OH excluding ortho intramolecular Hbond substituents is 1. The lowest BCUT2D eigenvalue weighted by molar-refractivity contribution is -0.116. The van der Waals surface area contributed by atoms with Crippen LogP contribution in [0.3, 0.4) is 0 Å². The van der Waals surface area contributed by atoms with Gasteiger partial charge in [-0.2, -0.15) is 0 Å². The molecule has 0 aliphatic carbocycles. The van der Waals surface area contributed by atoms with E-state index in [0.29, 0.717) is 5.56 Å². The number of aromatic hydroxyl groups is 1. The van der Waals surface area contributed by atoms with Gasteiger partial charge < -0.3 is 15.5 Å². The molecule has 1 rings (SSSR count). The van der Waals surface area contributed by atoms with Crippen LogP contribution in [0.15, 0.2) is 30.3 Å². The Hall–Kier alpha value is -1.81. The monoisotopic (exact) mass is 207 g/mol. The second kappa shape index (κ2) is 5.82. The van der Waals surface area contributed by atoms with Gasteiger partial charge in [0.1, 0.15) is 5.75 Å². The molecule has 80 valence electrons. The van der Waals surface area contributed by atoms with Crippen molar-refractivity contribution < 1.29 is 15.0 Å². The smallest absolute Gasteiger partial charge is 0.244 e. The van der Waals surface area contributed by atoms with Crippen molar-refractivity contribution in [1.82, 2.24) is 5.32 Å². The first kappa shape index (κ1) is 11.3. The summed E-state index contributed by atoms with van der Waals surface area (Å²) in [5.74, 6) is -0.170. The molecule has 0 unspecified atom stereocenters. The molecule has 0 radical (unpaired) electrons. The van der Waals surface area contributed by atoms with Gasteiger partial charge in [0.2, 0.25) is 5.91 Å². The third kappa shape index (κ3) is 3.83. The summed E-state index contributed by atoms with van der Waals surface area (Å²) in [6, 6.07) is 6.72. The van der Waals surface area contributed by atoms with E-state index in [0.717, 1.165) is 0 Å². The molecule has 15 heavy (non-hydrogen) atoms. The van der Waals surface area contributed by atoms with E-state index in [1.807, 2.05) is 0 Å². The molecule has 0 bridgehead atoms. The highest BCUT2D eigenvalue weighted by molar-refractivity contribution is 5.92. The van der Waals surface area contributed by atoms with Gasteiger partial charge in [-0.1, -0.05) is 18.2 Å². The molecular weight excluding hydrogens is 194 g/mol. The normalized spacial score (nSPS) is 10.5. The third-order valence-electron chi connectivity index (χ3n) is 1.76. The van der Waals surface area contributed by atoms with Gasteiger partial charge in [0.25, 0.3) is 0 Å². The van der Waals surface area contributed by atoms with E-state index < -0.39 is 0 Å². The van der Waals surface area contributed by atoms with Crippen LogP contribution in [0.4, 0.5) is 0 Å². The van der Waals surface area contributed by atoms with Crippen molar-refractivity contribution in [1.29, 1.82) is 0 Å². The molecule has 0 heterocycles. The maximum atomic E-state index is 11.1.